The Morgan fingerprint density at radius 2 is 1.65 bits per heavy atom. The van der Waals surface area contributed by atoms with Crippen LogP contribution in [0.4, 0.5) is 5.69 Å². The fraction of sp³-hybridized carbons (Fsp3) is 0.684. The number of piperidine rings is 2. The Hall–Kier alpha value is -0.980. The molecule has 4 unspecified atom stereocenters. The Morgan fingerprint density at radius 1 is 1.00 bits per heavy atom. The lowest BCUT2D eigenvalue weighted by Gasteiger charge is -2.68. The van der Waals surface area contributed by atoms with Crippen molar-refractivity contribution in [3.8, 4) is 0 Å². The van der Waals surface area contributed by atoms with Crippen LogP contribution in [0.15, 0.2) is 24.3 Å². The molecule has 110 valence electrons. The summed E-state index contributed by atoms with van der Waals surface area (Å²) in [7, 11) is 0. The highest BCUT2D eigenvalue weighted by atomic mass is 15.3. The second kappa shape index (κ2) is 4.26. The lowest BCUT2D eigenvalue weighted by atomic mass is 9.50. The molecule has 1 heteroatoms. The summed E-state index contributed by atoms with van der Waals surface area (Å²) >= 11 is 0. The summed E-state index contributed by atoms with van der Waals surface area (Å²) in [5.41, 5.74) is 3.62. The van der Waals surface area contributed by atoms with Gasteiger partial charge in [0.25, 0.3) is 0 Å². The number of hydrogen-bond donors (Lipinski definition) is 0. The maximum Gasteiger partial charge on any atom is 0.0405 e. The minimum absolute atomic E-state index is 0.308. The first-order chi connectivity index (χ1) is 9.32. The minimum Gasteiger partial charge on any atom is -0.362 e. The number of anilines is 1. The van der Waals surface area contributed by atoms with E-state index < -0.39 is 0 Å². The molecule has 0 radical (unpaired) electrons. The lowest BCUT2D eigenvalue weighted by molar-refractivity contribution is -0.0524. The van der Waals surface area contributed by atoms with Crippen LogP contribution in [0.2, 0.25) is 0 Å². The molecule has 1 aliphatic carbocycles. The zero-order chi connectivity index (χ0) is 14.7. The van der Waals surface area contributed by atoms with E-state index in [1.807, 2.05) is 0 Å². The highest BCUT2D eigenvalue weighted by Gasteiger charge is 2.60. The molecule has 0 aromatic heterocycles. The van der Waals surface area contributed by atoms with E-state index in [-0.39, 0.29) is 0 Å². The summed E-state index contributed by atoms with van der Waals surface area (Å²) in [6.45, 7) is 14.7. The second-order valence-corrected chi connectivity index (χ2v) is 7.77. The molecule has 5 atom stereocenters. The summed E-state index contributed by atoms with van der Waals surface area (Å²) in [4.78, 5) is 2.76. The molecule has 3 fully saturated rings. The minimum atomic E-state index is 0.308. The Bertz CT molecular complexity index is 522. The lowest BCUT2D eigenvalue weighted by Crippen LogP contribution is -2.72. The van der Waals surface area contributed by atoms with Crippen molar-refractivity contribution in [1.29, 1.82) is 0 Å². The molecule has 2 heterocycles. The van der Waals surface area contributed by atoms with E-state index in [1.165, 1.54) is 24.1 Å². The molecule has 2 bridgehead atoms. The standard InChI is InChI=1S/C19H29N/c1-13-9-7-8-10-17(13)20-16(4)18(5)11-12-19(20,6)15(3)14(18)2/h7-10,14-16H,11-12H2,1-6H3/t14?,15?,16-,18?,19?/m0/s1. The molecule has 1 aromatic rings. The van der Waals surface area contributed by atoms with Crippen molar-refractivity contribution in [2.45, 2.75) is 66.0 Å². The second-order valence-electron chi connectivity index (χ2n) is 7.77. The van der Waals surface area contributed by atoms with Crippen molar-refractivity contribution in [2.24, 2.45) is 17.3 Å². The van der Waals surface area contributed by atoms with Gasteiger partial charge in [-0.05, 0) is 62.5 Å². The Morgan fingerprint density at radius 3 is 2.30 bits per heavy atom. The topological polar surface area (TPSA) is 3.24 Å². The highest BCUT2D eigenvalue weighted by Crippen LogP contribution is 2.60. The molecule has 2 saturated heterocycles. The first kappa shape index (κ1) is 14.0. The van der Waals surface area contributed by atoms with E-state index in [1.54, 1.807) is 0 Å². The number of aryl methyl sites for hydroxylation is 1. The molecule has 1 nitrogen and oxygen atoms in total. The van der Waals surface area contributed by atoms with Gasteiger partial charge in [-0.25, -0.2) is 0 Å². The smallest absolute Gasteiger partial charge is 0.0405 e. The predicted octanol–water partition coefficient (Wildman–Crippen LogP) is 5.03. The number of hydrogen-bond acceptors (Lipinski definition) is 1. The van der Waals surface area contributed by atoms with E-state index in [9.17, 15) is 0 Å². The summed E-state index contributed by atoms with van der Waals surface area (Å²) < 4.78 is 0. The number of fused-ring (bicyclic) bond motifs is 3. The molecule has 20 heavy (non-hydrogen) atoms. The van der Waals surface area contributed by atoms with Crippen LogP contribution in [0.3, 0.4) is 0 Å². The van der Waals surface area contributed by atoms with Crippen LogP contribution in [0.25, 0.3) is 0 Å². The van der Waals surface area contributed by atoms with Crippen LogP contribution in [-0.4, -0.2) is 11.6 Å². The SMILES string of the molecule is Cc1ccccc1N1[C@@H](C)C2(C)CCC1(C)C(C)C2C. The number of nitrogens with zero attached hydrogens (tertiary/aromatic N) is 1. The first-order valence-corrected chi connectivity index (χ1v) is 8.17. The predicted molar refractivity (Wildman–Crippen MR) is 87.2 cm³/mol. The van der Waals surface area contributed by atoms with Gasteiger partial charge in [-0.3, -0.25) is 0 Å². The summed E-state index contributed by atoms with van der Waals surface area (Å²) in [6, 6.07) is 9.54. The molecule has 0 spiro atoms. The quantitative estimate of drug-likeness (QED) is 0.692. The van der Waals surface area contributed by atoms with Gasteiger partial charge in [0.05, 0.1) is 0 Å². The molecule has 0 amide bonds. The Balaban J connectivity index is 2.14. The molecular formula is C19H29N. The van der Waals surface area contributed by atoms with Crippen LogP contribution in [0, 0.1) is 24.2 Å². The Labute approximate surface area is 124 Å². The molecular weight excluding hydrogens is 242 g/mol. The first-order valence-electron chi connectivity index (χ1n) is 8.17. The summed E-state index contributed by atoms with van der Waals surface area (Å²) in [6.07, 6.45) is 2.70. The van der Waals surface area contributed by atoms with Crippen LogP contribution in [-0.2, 0) is 0 Å². The third-order valence-electron chi connectivity index (χ3n) is 7.21. The summed E-state index contributed by atoms with van der Waals surface area (Å²) in [5, 5.41) is 0. The van der Waals surface area contributed by atoms with Crippen molar-refractivity contribution < 1.29 is 0 Å². The van der Waals surface area contributed by atoms with Crippen molar-refractivity contribution in [1.82, 2.24) is 0 Å². The third-order valence-corrected chi connectivity index (χ3v) is 7.21. The van der Waals surface area contributed by atoms with E-state index in [0.29, 0.717) is 17.0 Å². The van der Waals surface area contributed by atoms with Gasteiger partial charge in [0.1, 0.15) is 0 Å². The zero-order valence-electron chi connectivity index (χ0n) is 13.9. The molecule has 3 aliphatic rings. The molecule has 0 N–H and O–H groups in total. The maximum atomic E-state index is 2.76. The molecule has 4 rings (SSSR count). The van der Waals surface area contributed by atoms with Gasteiger partial charge in [0, 0.05) is 17.3 Å². The van der Waals surface area contributed by atoms with Crippen molar-refractivity contribution in [3.05, 3.63) is 29.8 Å². The van der Waals surface area contributed by atoms with Gasteiger partial charge in [-0.15, -0.1) is 0 Å². The van der Waals surface area contributed by atoms with Crippen molar-refractivity contribution >= 4 is 5.69 Å². The van der Waals surface area contributed by atoms with Crippen LogP contribution >= 0.6 is 0 Å². The molecule has 2 aliphatic heterocycles. The normalized spacial score (nSPS) is 43.9. The third kappa shape index (κ3) is 1.55. The largest absolute Gasteiger partial charge is 0.362 e. The zero-order valence-corrected chi connectivity index (χ0v) is 13.9. The van der Waals surface area contributed by atoms with E-state index in [4.69, 9.17) is 0 Å². The molecule has 1 saturated carbocycles. The van der Waals surface area contributed by atoms with Gasteiger partial charge in [0.2, 0.25) is 0 Å². The average Bonchev–Trinajstić information content (AvgIpc) is 2.42. The van der Waals surface area contributed by atoms with Gasteiger partial charge in [-0.2, -0.15) is 0 Å². The van der Waals surface area contributed by atoms with Crippen LogP contribution < -0.4 is 4.90 Å². The average molecular weight is 271 g/mol. The van der Waals surface area contributed by atoms with Gasteiger partial charge in [-0.1, -0.05) is 39.0 Å². The van der Waals surface area contributed by atoms with Crippen LogP contribution in [0.1, 0.15) is 53.0 Å². The maximum absolute atomic E-state index is 2.76. The van der Waals surface area contributed by atoms with Crippen molar-refractivity contribution in [2.75, 3.05) is 4.90 Å². The van der Waals surface area contributed by atoms with Crippen molar-refractivity contribution in [3.63, 3.8) is 0 Å². The van der Waals surface area contributed by atoms with E-state index in [2.05, 4.69) is 70.7 Å². The van der Waals surface area contributed by atoms with E-state index >= 15 is 0 Å². The fourth-order valence-corrected chi connectivity index (χ4v) is 5.07. The van der Waals surface area contributed by atoms with Crippen LogP contribution in [0.5, 0.6) is 0 Å². The number of benzene rings is 1. The monoisotopic (exact) mass is 271 g/mol. The summed E-state index contributed by atoms with van der Waals surface area (Å²) in [5.74, 6) is 1.55. The van der Waals surface area contributed by atoms with E-state index in [0.717, 1.165) is 11.8 Å². The number of para-hydroxylation sites is 1. The highest BCUT2D eigenvalue weighted by molar-refractivity contribution is 5.58. The number of rotatable bonds is 1. The van der Waals surface area contributed by atoms with Gasteiger partial charge >= 0.3 is 0 Å². The van der Waals surface area contributed by atoms with Gasteiger partial charge < -0.3 is 4.90 Å². The fourth-order valence-electron chi connectivity index (χ4n) is 5.07. The Kier molecular flexibility index (Phi) is 2.97. The van der Waals surface area contributed by atoms with Gasteiger partial charge in [0.15, 0.2) is 0 Å². The molecule has 1 aromatic carbocycles.